The van der Waals surface area contributed by atoms with Crippen molar-refractivity contribution in [3.8, 4) is 16.9 Å². The van der Waals surface area contributed by atoms with Crippen molar-refractivity contribution in [3.05, 3.63) is 54.1 Å². The summed E-state index contributed by atoms with van der Waals surface area (Å²) in [5.41, 5.74) is 2.10. The van der Waals surface area contributed by atoms with Crippen LogP contribution in [0, 0.1) is 0 Å². The number of hydrogen-bond donors (Lipinski definition) is 1. The first kappa shape index (κ1) is 15.8. The number of carboxylic acids is 1. The zero-order valence-corrected chi connectivity index (χ0v) is 12.4. The minimum atomic E-state index is -0.944. The first-order chi connectivity index (χ1) is 10.6. The lowest BCUT2D eigenvalue weighted by atomic mass is 10.0. The summed E-state index contributed by atoms with van der Waals surface area (Å²) in [6.45, 7) is 2.03. The Labute approximate surface area is 129 Å². The highest BCUT2D eigenvalue weighted by molar-refractivity contribution is 5.88. The maximum Gasteiger partial charge on any atom is 0.335 e. The van der Waals surface area contributed by atoms with E-state index in [2.05, 4.69) is 0 Å². The Morgan fingerprint density at radius 2 is 1.50 bits per heavy atom. The molecule has 0 amide bonds. The largest absolute Gasteiger partial charge is 0.478 e. The smallest absolute Gasteiger partial charge is 0.335 e. The molecule has 0 aliphatic rings. The molecule has 4 nitrogen and oxygen atoms in total. The highest BCUT2D eigenvalue weighted by Crippen LogP contribution is 2.23. The van der Waals surface area contributed by atoms with E-state index in [0.29, 0.717) is 12.2 Å². The molecular formula is C18H18O4. The summed E-state index contributed by atoms with van der Waals surface area (Å²) < 4.78 is 5.24. The van der Waals surface area contributed by atoms with Gasteiger partial charge in [0.25, 0.3) is 0 Å². The number of carbonyl (C=O) groups is 2. The van der Waals surface area contributed by atoms with Crippen LogP contribution in [0.5, 0.6) is 5.75 Å². The lowest BCUT2D eigenvalue weighted by molar-refractivity contribution is -0.134. The van der Waals surface area contributed by atoms with E-state index in [9.17, 15) is 9.59 Å². The van der Waals surface area contributed by atoms with Gasteiger partial charge in [-0.05, 0) is 41.8 Å². The maximum atomic E-state index is 11.5. The Morgan fingerprint density at radius 3 is 2.00 bits per heavy atom. The quantitative estimate of drug-likeness (QED) is 0.643. The molecule has 2 aromatic carbocycles. The second-order valence-electron chi connectivity index (χ2n) is 4.98. The zero-order valence-electron chi connectivity index (χ0n) is 12.4. The second-order valence-corrected chi connectivity index (χ2v) is 4.98. The highest BCUT2D eigenvalue weighted by Gasteiger charge is 2.06. The third-order valence-electron chi connectivity index (χ3n) is 3.29. The van der Waals surface area contributed by atoms with E-state index < -0.39 is 5.97 Å². The Morgan fingerprint density at radius 1 is 0.955 bits per heavy atom. The van der Waals surface area contributed by atoms with Gasteiger partial charge in [-0.3, -0.25) is 4.79 Å². The fourth-order valence-corrected chi connectivity index (χ4v) is 2.02. The van der Waals surface area contributed by atoms with E-state index in [1.807, 2.05) is 19.1 Å². The lowest BCUT2D eigenvalue weighted by Crippen LogP contribution is -2.07. The molecule has 0 unspecified atom stereocenters. The second kappa shape index (κ2) is 7.41. The van der Waals surface area contributed by atoms with Crippen LogP contribution in [0.3, 0.4) is 0 Å². The van der Waals surface area contributed by atoms with Crippen LogP contribution in [0.2, 0.25) is 0 Å². The summed E-state index contributed by atoms with van der Waals surface area (Å²) in [6.07, 6.45) is 2.21. The fourth-order valence-electron chi connectivity index (χ4n) is 2.02. The van der Waals surface area contributed by atoms with Crippen molar-refractivity contribution in [2.45, 2.75) is 26.2 Å². The Balaban J connectivity index is 2.05. The van der Waals surface area contributed by atoms with Gasteiger partial charge in [0.1, 0.15) is 5.75 Å². The van der Waals surface area contributed by atoms with E-state index in [4.69, 9.17) is 9.84 Å². The summed E-state index contributed by atoms with van der Waals surface area (Å²) in [5.74, 6) is -0.645. The normalized spacial score (nSPS) is 10.2. The first-order valence-corrected chi connectivity index (χ1v) is 7.24. The van der Waals surface area contributed by atoms with Crippen molar-refractivity contribution >= 4 is 11.9 Å². The lowest BCUT2D eigenvalue weighted by Gasteiger charge is -2.06. The monoisotopic (exact) mass is 298 g/mol. The van der Waals surface area contributed by atoms with Gasteiger partial charge in [-0.1, -0.05) is 37.6 Å². The summed E-state index contributed by atoms with van der Waals surface area (Å²) in [4.78, 5) is 22.4. The van der Waals surface area contributed by atoms with E-state index >= 15 is 0 Å². The van der Waals surface area contributed by atoms with E-state index in [1.165, 1.54) is 0 Å². The molecule has 0 atom stereocenters. The first-order valence-electron chi connectivity index (χ1n) is 7.24. The van der Waals surface area contributed by atoms with Crippen LogP contribution in [0.4, 0.5) is 0 Å². The number of aromatic carboxylic acids is 1. The Bertz CT molecular complexity index is 642. The molecular weight excluding hydrogens is 280 g/mol. The van der Waals surface area contributed by atoms with Gasteiger partial charge in [-0.2, -0.15) is 0 Å². The van der Waals surface area contributed by atoms with E-state index in [1.54, 1.807) is 36.4 Å². The van der Waals surface area contributed by atoms with E-state index in [-0.39, 0.29) is 11.5 Å². The van der Waals surface area contributed by atoms with Gasteiger partial charge in [0.05, 0.1) is 5.56 Å². The van der Waals surface area contributed by atoms with Crippen molar-refractivity contribution in [1.82, 2.24) is 0 Å². The number of benzene rings is 2. The van der Waals surface area contributed by atoms with Gasteiger partial charge in [-0.15, -0.1) is 0 Å². The minimum Gasteiger partial charge on any atom is -0.478 e. The SMILES string of the molecule is CCCCC(=O)Oc1ccc(-c2ccc(C(=O)O)cc2)cc1. The van der Waals surface area contributed by atoms with Crippen molar-refractivity contribution < 1.29 is 19.4 Å². The molecule has 0 aliphatic heterocycles. The molecule has 22 heavy (non-hydrogen) atoms. The van der Waals surface area contributed by atoms with Crippen molar-refractivity contribution in [2.24, 2.45) is 0 Å². The van der Waals surface area contributed by atoms with E-state index in [0.717, 1.165) is 24.0 Å². The summed E-state index contributed by atoms with van der Waals surface area (Å²) in [7, 11) is 0. The molecule has 0 saturated carbocycles. The molecule has 114 valence electrons. The van der Waals surface area contributed by atoms with Gasteiger partial charge in [-0.25, -0.2) is 4.79 Å². The number of carboxylic acid groups (broad SMARTS) is 1. The average molecular weight is 298 g/mol. The van der Waals surface area contributed by atoms with Crippen LogP contribution in [0.15, 0.2) is 48.5 Å². The molecule has 0 radical (unpaired) electrons. The number of ether oxygens (including phenoxy) is 1. The standard InChI is InChI=1S/C18H18O4/c1-2-3-4-17(19)22-16-11-9-14(10-12-16)13-5-7-15(8-6-13)18(20)21/h5-12H,2-4H2,1H3,(H,20,21). The predicted octanol–water partition coefficient (Wildman–Crippen LogP) is 4.15. The third-order valence-corrected chi connectivity index (χ3v) is 3.29. The molecule has 0 saturated heterocycles. The molecule has 0 bridgehead atoms. The molecule has 0 heterocycles. The molecule has 1 N–H and O–H groups in total. The maximum absolute atomic E-state index is 11.5. The predicted molar refractivity (Wildman–Crippen MR) is 84.0 cm³/mol. The van der Waals surface area contributed by atoms with Crippen LogP contribution < -0.4 is 4.74 Å². The van der Waals surface area contributed by atoms with Gasteiger partial charge >= 0.3 is 11.9 Å². The summed E-state index contributed by atoms with van der Waals surface area (Å²) >= 11 is 0. The highest BCUT2D eigenvalue weighted by atomic mass is 16.5. The fraction of sp³-hybridized carbons (Fsp3) is 0.222. The number of unbranched alkanes of at least 4 members (excludes halogenated alkanes) is 1. The van der Waals surface area contributed by atoms with Crippen LogP contribution in [0.25, 0.3) is 11.1 Å². The van der Waals surface area contributed by atoms with Gasteiger partial charge in [0.15, 0.2) is 0 Å². The number of hydrogen-bond acceptors (Lipinski definition) is 3. The van der Waals surface area contributed by atoms with Crippen molar-refractivity contribution in [2.75, 3.05) is 0 Å². The van der Waals surface area contributed by atoms with Crippen molar-refractivity contribution in [3.63, 3.8) is 0 Å². The van der Waals surface area contributed by atoms with Crippen LogP contribution in [-0.4, -0.2) is 17.0 Å². The number of esters is 1. The van der Waals surface area contributed by atoms with Crippen LogP contribution in [0.1, 0.15) is 36.5 Å². The van der Waals surface area contributed by atoms with Gasteiger partial charge in [0.2, 0.25) is 0 Å². The number of rotatable bonds is 6. The van der Waals surface area contributed by atoms with Gasteiger partial charge < -0.3 is 9.84 Å². The molecule has 0 fully saturated rings. The molecule has 0 aromatic heterocycles. The molecule has 0 aliphatic carbocycles. The molecule has 2 rings (SSSR count). The van der Waals surface area contributed by atoms with Gasteiger partial charge in [0, 0.05) is 6.42 Å². The number of carbonyl (C=O) groups excluding carboxylic acids is 1. The zero-order chi connectivity index (χ0) is 15.9. The van der Waals surface area contributed by atoms with Crippen LogP contribution in [-0.2, 0) is 4.79 Å². The summed E-state index contributed by atoms with van der Waals surface area (Å²) in [6, 6.07) is 13.8. The summed E-state index contributed by atoms with van der Waals surface area (Å²) in [5, 5.41) is 8.88. The third kappa shape index (κ3) is 4.19. The molecule has 0 spiro atoms. The Kier molecular flexibility index (Phi) is 5.31. The molecule has 2 aromatic rings. The topological polar surface area (TPSA) is 63.6 Å². The average Bonchev–Trinajstić information content (AvgIpc) is 2.54. The van der Waals surface area contributed by atoms with Crippen molar-refractivity contribution in [1.29, 1.82) is 0 Å². The van der Waals surface area contributed by atoms with Crippen LogP contribution >= 0.6 is 0 Å². The Hall–Kier alpha value is -2.62. The minimum absolute atomic E-state index is 0.222. The molecule has 4 heteroatoms.